The summed E-state index contributed by atoms with van der Waals surface area (Å²) in [4.78, 5) is 11.0. The van der Waals surface area contributed by atoms with Gasteiger partial charge in [0.15, 0.2) is 0 Å². The molecule has 0 aliphatic heterocycles. The Morgan fingerprint density at radius 1 is 1.33 bits per heavy atom. The average Bonchev–Trinajstić information content (AvgIpc) is 2.42. The Kier molecular flexibility index (Phi) is 7.97. The molecule has 1 aromatic rings. The third kappa shape index (κ3) is 7.22. The zero-order valence-corrected chi connectivity index (χ0v) is 12.8. The second kappa shape index (κ2) is 9.50. The van der Waals surface area contributed by atoms with Crippen LogP contribution in [0.3, 0.4) is 0 Å². The largest absolute Gasteiger partial charge is 0.481 e. The lowest BCUT2D eigenvalue weighted by atomic mass is 9.97. The summed E-state index contributed by atoms with van der Waals surface area (Å²) < 4.78 is 5.17. The molecule has 0 bridgehead atoms. The number of benzene rings is 1. The van der Waals surface area contributed by atoms with Crippen molar-refractivity contribution in [3.8, 4) is 0 Å². The highest BCUT2D eigenvalue weighted by molar-refractivity contribution is 5.67. The van der Waals surface area contributed by atoms with Crippen molar-refractivity contribution in [1.29, 1.82) is 0 Å². The molecule has 1 rings (SSSR count). The zero-order chi connectivity index (χ0) is 15.7. The van der Waals surface area contributed by atoms with Crippen molar-refractivity contribution in [2.75, 3.05) is 26.4 Å². The van der Waals surface area contributed by atoms with Gasteiger partial charge in [0.1, 0.15) is 0 Å². The van der Waals surface area contributed by atoms with Crippen LogP contribution in [0.4, 0.5) is 0 Å². The second-order valence-corrected chi connectivity index (χ2v) is 5.22. The van der Waals surface area contributed by atoms with Crippen molar-refractivity contribution >= 4 is 5.97 Å². The average molecular weight is 295 g/mol. The Morgan fingerprint density at radius 2 is 2.10 bits per heavy atom. The van der Waals surface area contributed by atoms with Crippen molar-refractivity contribution < 1.29 is 19.7 Å². The van der Waals surface area contributed by atoms with Crippen LogP contribution in [0, 0.1) is 13.8 Å². The lowest BCUT2D eigenvalue weighted by Gasteiger charge is -2.18. The molecule has 0 amide bonds. The van der Waals surface area contributed by atoms with Gasteiger partial charge in [0.2, 0.25) is 0 Å². The minimum Gasteiger partial charge on any atom is -0.481 e. The van der Waals surface area contributed by atoms with Crippen molar-refractivity contribution in [2.45, 2.75) is 32.7 Å². The lowest BCUT2D eigenvalue weighted by Crippen LogP contribution is -2.36. The van der Waals surface area contributed by atoms with Crippen molar-refractivity contribution in [1.82, 2.24) is 5.32 Å². The normalized spacial score (nSPS) is 12.3. The van der Waals surface area contributed by atoms with Gasteiger partial charge in [0.05, 0.1) is 26.2 Å². The number of aryl methyl sites for hydroxylation is 2. The molecule has 0 saturated carbocycles. The van der Waals surface area contributed by atoms with Crippen molar-refractivity contribution in [2.24, 2.45) is 0 Å². The van der Waals surface area contributed by atoms with E-state index >= 15 is 0 Å². The predicted octanol–water partition coefficient (Wildman–Crippen LogP) is 1.29. The number of rotatable bonds is 10. The summed E-state index contributed by atoms with van der Waals surface area (Å²) in [6.45, 7) is 5.41. The molecule has 0 heterocycles. The Hall–Kier alpha value is -1.43. The summed E-state index contributed by atoms with van der Waals surface area (Å²) >= 11 is 0. The SMILES string of the molecule is Cc1ccc(C)c(CC(CC(=O)O)NCCOCCO)c1. The molecular formula is C16H25NO4. The van der Waals surface area contributed by atoms with Crippen molar-refractivity contribution in [3.05, 3.63) is 34.9 Å². The number of hydrogen-bond donors (Lipinski definition) is 3. The topological polar surface area (TPSA) is 78.8 Å². The van der Waals surface area contributed by atoms with E-state index in [1.54, 1.807) is 0 Å². The third-order valence-corrected chi connectivity index (χ3v) is 3.31. The van der Waals surface area contributed by atoms with Crippen LogP contribution in [0.25, 0.3) is 0 Å². The number of nitrogens with one attached hydrogen (secondary N) is 1. The van der Waals surface area contributed by atoms with E-state index in [4.69, 9.17) is 14.9 Å². The van der Waals surface area contributed by atoms with Crippen LogP contribution in [-0.2, 0) is 16.0 Å². The van der Waals surface area contributed by atoms with E-state index in [-0.39, 0.29) is 19.1 Å². The van der Waals surface area contributed by atoms with Crippen LogP contribution in [0.5, 0.6) is 0 Å². The van der Waals surface area contributed by atoms with Gasteiger partial charge >= 0.3 is 5.97 Å². The summed E-state index contributed by atoms with van der Waals surface area (Å²) in [5.74, 6) is -0.811. The highest BCUT2D eigenvalue weighted by atomic mass is 16.5. The Labute approximate surface area is 125 Å². The van der Waals surface area contributed by atoms with Gasteiger partial charge in [-0.15, -0.1) is 0 Å². The van der Waals surface area contributed by atoms with Gasteiger partial charge in [-0.2, -0.15) is 0 Å². The molecule has 5 heteroatoms. The number of ether oxygens (including phenoxy) is 1. The molecule has 0 spiro atoms. The van der Waals surface area contributed by atoms with Crippen LogP contribution >= 0.6 is 0 Å². The number of carboxylic acids is 1. The van der Waals surface area contributed by atoms with E-state index in [1.807, 2.05) is 13.8 Å². The molecule has 0 radical (unpaired) electrons. The highest BCUT2D eigenvalue weighted by Gasteiger charge is 2.14. The van der Waals surface area contributed by atoms with E-state index in [2.05, 4.69) is 23.5 Å². The molecule has 0 fully saturated rings. The summed E-state index contributed by atoms with van der Waals surface area (Å²) in [5.41, 5.74) is 3.52. The van der Waals surface area contributed by atoms with Gasteiger partial charge in [-0.1, -0.05) is 23.8 Å². The first-order valence-electron chi connectivity index (χ1n) is 7.23. The van der Waals surface area contributed by atoms with E-state index in [9.17, 15) is 4.79 Å². The molecule has 3 N–H and O–H groups in total. The Bertz CT molecular complexity index is 448. The van der Waals surface area contributed by atoms with E-state index in [0.29, 0.717) is 26.2 Å². The molecule has 21 heavy (non-hydrogen) atoms. The number of aliphatic hydroxyl groups excluding tert-OH is 1. The van der Waals surface area contributed by atoms with Gasteiger partial charge in [-0.05, 0) is 31.4 Å². The predicted molar refractivity (Wildman–Crippen MR) is 81.6 cm³/mol. The maximum atomic E-state index is 11.0. The first-order chi connectivity index (χ1) is 10.0. The fourth-order valence-electron chi connectivity index (χ4n) is 2.21. The number of carboxylic acid groups (broad SMARTS) is 1. The van der Waals surface area contributed by atoms with Crippen molar-refractivity contribution in [3.63, 3.8) is 0 Å². The molecule has 1 atom stereocenters. The van der Waals surface area contributed by atoms with Gasteiger partial charge in [0.25, 0.3) is 0 Å². The minimum atomic E-state index is -0.811. The molecule has 1 aromatic carbocycles. The monoisotopic (exact) mass is 295 g/mol. The van der Waals surface area contributed by atoms with E-state index in [0.717, 1.165) is 0 Å². The molecule has 5 nitrogen and oxygen atoms in total. The number of aliphatic carboxylic acids is 1. The van der Waals surface area contributed by atoms with Crippen LogP contribution in [-0.4, -0.2) is 48.6 Å². The summed E-state index contributed by atoms with van der Waals surface area (Å²) in [6, 6.07) is 6.10. The molecule has 0 aliphatic carbocycles. The summed E-state index contributed by atoms with van der Waals surface area (Å²) in [7, 11) is 0. The standard InChI is InChI=1S/C16H25NO4/c1-12-3-4-13(2)14(9-12)10-15(11-16(19)20)17-5-7-21-8-6-18/h3-4,9,15,17-18H,5-8,10-11H2,1-2H3,(H,19,20). The minimum absolute atomic E-state index is 0.00103. The zero-order valence-electron chi connectivity index (χ0n) is 12.8. The fraction of sp³-hybridized carbons (Fsp3) is 0.562. The smallest absolute Gasteiger partial charge is 0.304 e. The van der Waals surface area contributed by atoms with Crippen LogP contribution < -0.4 is 5.32 Å². The number of hydrogen-bond acceptors (Lipinski definition) is 4. The van der Waals surface area contributed by atoms with Gasteiger partial charge in [0, 0.05) is 12.6 Å². The molecule has 118 valence electrons. The summed E-state index contributed by atoms with van der Waals surface area (Å²) in [6.07, 6.45) is 0.757. The van der Waals surface area contributed by atoms with Gasteiger partial charge < -0.3 is 20.3 Å². The molecule has 0 saturated heterocycles. The van der Waals surface area contributed by atoms with Crippen LogP contribution in [0.2, 0.25) is 0 Å². The number of carbonyl (C=O) groups is 1. The highest BCUT2D eigenvalue weighted by Crippen LogP contribution is 2.14. The maximum absolute atomic E-state index is 11.0. The second-order valence-electron chi connectivity index (χ2n) is 5.22. The lowest BCUT2D eigenvalue weighted by molar-refractivity contribution is -0.137. The fourth-order valence-corrected chi connectivity index (χ4v) is 2.21. The van der Waals surface area contributed by atoms with Gasteiger partial charge in [-0.25, -0.2) is 0 Å². The maximum Gasteiger partial charge on any atom is 0.304 e. The number of aliphatic hydroxyl groups is 1. The van der Waals surface area contributed by atoms with E-state index in [1.165, 1.54) is 16.7 Å². The van der Waals surface area contributed by atoms with E-state index < -0.39 is 5.97 Å². The van der Waals surface area contributed by atoms with Crippen LogP contribution in [0.15, 0.2) is 18.2 Å². The van der Waals surface area contributed by atoms with Gasteiger partial charge in [-0.3, -0.25) is 4.79 Å². The first kappa shape index (κ1) is 17.6. The Balaban J connectivity index is 2.56. The quantitative estimate of drug-likeness (QED) is 0.567. The third-order valence-electron chi connectivity index (χ3n) is 3.31. The molecule has 1 unspecified atom stereocenters. The Morgan fingerprint density at radius 3 is 2.76 bits per heavy atom. The van der Waals surface area contributed by atoms with Crippen LogP contribution in [0.1, 0.15) is 23.1 Å². The first-order valence-corrected chi connectivity index (χ1v) is 7.23. The molecule has 0 aliphatic rings. The molecule has 0 aromatic heterocycles. The summed E-state index contributed by atoms with van der Waals surface area (Å²) in [5, 5.41) is 20.9. The molecular weight excluding hydrogens is 270 g/mol.